The first-order valence-corrected chi connectivity index (χ1v) is 7.52. The Morgan fingerprint density at radius 3 is 1.83 bits per heavy atom. The van der Waals surface area contributed by atoms with Crippen LogP contribution in [-0.4, -0.2) is 6.29 Å². The molecule has 0 heterocycles. The van der Waals surface area contributed by atoms with Gasteiger partial charge in [-0.05, 0) is 84.5 Å². The highest BCUT2D eigenvalue weighted by Crippen LogP contribution is 2.60. The van der Waals surface area contributed by atoms with Gasteiger partial charge in [-0.2, -0.15) is 0 Å². The molecule has 0 unspecified atom stereocenters. The van der Waals surface area contributed by atoms with E-state index in [-0.39, 0.29) is 0 Å². The van der Waals surface area contributed by atoms with E-state index >= 15 is 0 Å². The fraction of sp³-hybridized carbons (Fsp3) is 0.588. The first kappa shape index (κ1) is 9.77. The average Bonchev–Trinajstić information content (AvgIpc) is 3.15. The Kier molecular flexibility index (Phi) is 1.67. The van der Waals surface area contributed by atoms with Crippen LogP contribution >= 0.6 is 0 Å². The molecule has 1 aromatic rings. The monoisotopic (exact) mass is 238 g/mol. The van der Waals surface area contributed by atoms with E-state index in [2.05, 4.69) is 6.07 Å². The van der Waals surface area contributed by atoms with Crippen molar-refractivity contribution in [1.29, 1.82) is 0 Å². The molecule has 92 valence electrons. The summed E-state index contributed by atoms with van der Waals surface area (Å²) in [4.78, 5) is 11.7. The minimum absolute atomic E-state index is 0.717. The first-order valence-electron chi connectivity index (χ1n) is 7.52. The minimum Gasteiger partial charge on any atom is -0.298 e. The molecule has 0 radical (unpaired) electrons. The fourth-order valence-corrected chi connectivity index (χ4v) is 5.55. The molecule has 0 aromatic heterocycles. The van der Waals surface area contributed by atoms with Gasteiger partial charge in [0, 0.05) is 5.56 Å². The topological polar surface area (TPSA) is 17.1 Å². The van der Waals surface area contributed by atoms with E-state index < -0.39 is 0 Å². The minimum atomic E-state index is 0.717. The molecule has 4 bridgehead atoms. The molecular formula is C17H18O. The lowest BCUT2D eigenvalue weighted by molar-refractivity contribution is 0.112. The van der Waals surface area contributed by atoms with Gasteiger partial charge in [-0.25, -0.2) is 0 Å². The van der Waals surface area contributed by atoms with Crippen LogP contribution in [0.1, 0.15) is 94.8 Å². The fourth-order valence-electron chi connectivity index (χ4n) is 5.55. The van der Waals surface area contributed by atoms with Crippen LogP contribution in [0.25, 0.3) is 0 Å². The molecule has 0 spiro atoms. The van der Waals surface area contributed by atoms with Gasteiger partial charge in [0.25, 0.3) is 0 Å². The van der Waals surface area contributed by atoms with Crippen molar-refractivity contribution in [2.75, 3.05) is 0 Å². The Hall–Kier alpha value is -1.11. The quantitative estimate of drug-likeness (QED) is 0.669. The number of aldehydes is 1. The summed E-state index contributed by atoms with van der Waals surface area (Å²) in [6.07, 6.45) is 9.23. The van der Waals surface area contributed by atoms with Gasteiger partial charge in [-0.1, -0.05) is 6.07 Å². The molecule has 2 fully saturated rings. The van der Waals surface area contributed by atoms with Crippen molar-refractivity contribution in [3.63, 3.8) is 0 Å². The number of benzene rings is 1. The van der Waals surface area contributed by atoms with Gasteiger partial charge in [-0.15, -0.1) is 0 Å². The lowest BCUT2D eigenvalue weighted by atomic mass is 9.79. The van der Waals surface area contributed by atoms with E-state index in [9.17, 15) is 4.79 Å². The van der Waals surface area contributed by atoms with Crippen LogP contribution in [-0.2, 0) is 0 Å². The van der Waals surface area contributed by atoms with Gasteiger partial charge in [0.05, 0.1) is 0 Å². The van der Waals surface area contributed by atoms with Crippen LogP contribution < -0.4 is 0 Å². The Labute approximate surface area is 108 Å². The predicted molar refractivity (Wildman–Crippen MR) is 70.5 cm³/mol. The van der Waals surface area contributed by atoms with Crippen LogP contribution in [0.3, 0.4) is 0 Å². The van der Waals surface area contributed by atoms with Crippen molar-refractivity contribution in [3.8, 4) is 0 Å². The molecule has 0 aliphatic heterocycles. The number of carbonyl (C=O) groups is 1. The van der Waals surface area contributed by atoms with Crippen molar-refractivity contribution >= 4 is 6.29 Å². The third-order valence-electron chi connectivity index (χ3n) is 6.19. The van der Waals surface area contributed by atoms with Crippen LogP contribution in [0.15, 0.2) is 6.07 Å². The van der Waals surface area contributed by atoms with E-state index in [1.54, 1.807) is 11.1 Å². The second-order valence-electron chi connectivity index (χ2n) is 6.83. The summed E-state index contributed by atoms with van der Waals surface area (Å²) < 4.78 is 0. The predicted octanol–water partition coefficient (Wildman–Crippen LogP) is 4.23. The Morgan fingerprint density at radius 2 is 1.33 bits per heavy atom. The maximum absolute atomic E-state index is 11.7. The molecule has 0 saturated heterocycles. The molecule has 1 heteroatoms. The Bertz CT molecular complexity index is 527. The first-order chi connectivity index (χ1) is 8.86. The molecule has 0 N–H and O–H groups in total. The van der Waals surface area contributed by atoms with Gasteiger partial charge in [0.2, 0.25) is 0 Å². The summed E-state index contributed by atoms with van der Waals surface area (Å²) >= 11 is 0. The zero-order valence-electron chi connectivity index (χ0n) is 10.6. The number of fused-ring (bicyclic) bond motifs is 10. The van der Waals surface area contributed by atoms with E-state index in [1.807, 2.05) is 0 Å². The molecule has 18 heavy (non-hydrogen) atoms. The number of rotatable bonds is 1. The Balaban J connectivity index is 1.84. The summed E-state index contributed by atoms with van der Waals surface area (Å²) in [5.74, 6) is 3.01. The maximum Gasteiger partial charge on any atom is 0.150 e. The summed E-state index contributed by atoms with van der Waals surface area (Å²) in [7, 11) is 0. The average molecular weight is 238 g/mol. The molecular weight excluding hydrogens is 220 g/mol. The van der Waals surface area contributed by atoms with Gasteiger partial charge in [-0.3, -0.25) is 4.79 Å². The summed E-state index contributed by atoms with van der Waals surface area (Å²) in [5, 5.41) is 0. The van der Waals surface area contributed by atoms with Gasteiger partial charge < -0.3 is 0 Å². The van der Waals surface area contributed by atoms with Crippen LogP contribution in [0, 0.1) is 0 Å². The molecule has 4 aliphatic carbocycles. The molecule has 1 aromatic carbocycles. The summed E-state index contributed by atoms with van der Waals surface area (Å²) in [6.45, 7) is 0. The molecule has 4 aliphatic rings. The van der Waals surface area contributed by atoms with Gasteiger partial charge >= 0.3 is 0 Å². The second kappa shape index (κ2) is 3.07. The van der Waals surface area contributed by atoms with E-state index in [4.69, 9.17) is 0 Å². The van der Waals surface area contributed by atoms with E-state index in [0.29, 0.717) is 0 Å². The molecule has 1 nitrogen and oxygen atoms in total. The number of carbonyl (C=O) groups excluding carboxylic acids is 1. The van der Waals surface area contributed by atoms with Crippen LogP contribution in [0.5, 0.6) is 0 Å². The number of hydrogen-bond donors (Lipinski definition) is 0. The van der Waals surface area contributed by atoms with Crippen molar-refractivity contribution in [2.24, 2.45) is 0 Å². The van der Waals surface area contributed by atoms with Crippen LogP contribution in [0.2, 0.25) is 0 Å². The van der Waals surface area contributed by atoms with Crippen molar-refractivity contribution in [1.82, 2.24) is 0 Å². The molecule has 2 saturated carbocycles. The van der Waals surface area contributed by atoms with Crippen molar-refractivity contribution < 1.29 is 4.79 Å². The smallest absolute Gasteiger partial charge is 0.150 e. The molecule has 0 amide bonds. The van der Waals surface area contributed by atoms with E-state index in [0.717, 1.165) is 29.2 Å². The standard InChI is InChI=1S/C17H18O/c18-8-15-16-11-3-1-9(5-11)13(16)7-14-10-2-4-12(6-10)17(14)15/h7-12H,1-6H2/t9-,10-,11+,12+/m0/s1. The second-order valence-corrected chi connectivity index (χ2v) is 6.83. The lowest BCUT2D eigenvalue weighted by Gasteiger charge is -2.24. The summed E-state index contributed by atoms with van der Waals surface area (Å²) in [5.41, 5.74) is 7.24. The zero-order chi connectivity index (χ0) is 11.9. The zero-order valence-corrected chi connectivity index (χ0v) is 10.6. The third-order valence-corrected chi connectivity index (χ3v) is 6.19. The van der Waals surface area contributed by atoms with Crippen LogP contribution in [0.4, 0.5) is 0 Å². The number of hydrogen-bond acceptors (Lipinski definition) is 1. The van der Waals surface area contributed by atoms with Crippen molar-refractivity contribution in [3.05, 3.63) is 33.9 Å². The lowest BCUT2D eigenvalue weighted by Crippen LogP contribution is -2.10. The largest absolute Gasteiger partial charge is 0.298 e. The van der Waals surface area contributed by atoms with Crippen molar-refractivity contribution in [2.45, 2.75) is 62.2 Å². The SMILES string of the molecule is O=Cc1c2c(cc3c1[C@@H]1CC[C@H]3C1)[C@H]1CC[C@@H]2C1. The molecule has 5 rings (SSSR count). The normalized spacial score (nSPS) is 38.0. The van der Waals surface area contributed by atoms with Gasteiger partial charge in [0.1, 0.15) is 0 Å². The summed E-state index contributed by atoms with van der Waals surface area (Å²) in [6, 6.07) is 2.52. The highest BCUT2D eigenvalue weighted by Gasteiger charge is 2.45. The molecule has 4 atom stereocenters. The van der Waals surface area contributed by atoms with E-state index in [1.165, 1.54) is 55.9 Å². The highest BCUT2D eigenvalue weighted by atomic mass is 16.1. The Morgan fingerprint density at radius 1 is 0.833 bits per heavy atom. The third kappa shape index (κ3) is 0.953. The maximum atomic E-state index is 11.7. The highest BCUT2D eigenvalue weighted by molar-refractivity contribution is 5.84. The van der Waals surface area contributed by atoms with Gasteiger partial charge in [0.15, 0.2) is 6.29 Å².